The van der Waals surface area contributed by atoms with Crippen molar-refractivity contribution in [2.75, 3.05) is 13.1 Å². The van der Waals surface area contributed by atoms with Crippen LogP contribution in [0.2, 0.25) is 0 Å². The van der Waals surface area contributed by atoms with E-state index >= 15 is 0 Å². The minimum Gasteiger partial charge on any atom is -0.444 e. The van der Waals surface area contributed by atoms with E-state index in [1.54, 1.807) is 4.90 Å². The van der Waals surface area contributed by atoms with Gasteiger partial charge in [0.15, 0.2) is 0 Å². The minimum absolute atomic E-state index is 0.174. The zero-order chi connectivity index (χ0) is 10.8. The first-order valence-electron chi connectivity index (χ1n) is 5.40. The summed E-state index contributed by atoms with van der Waals surface area (Å²) in [4.78, 5) is 13.5. The average Bonchev–Trinajstić information content (AvgIpc) is 2.79. The molecule has 0 atom stereocenters. The summed E-state index contributed by atoms with van der Waals surface area (Å²) in [6, 6.07) is 0. The molecule has 0 aromatic heterocycles. The molecular formula is C11H21NO2. The molecule has 0 aromatic rings. The van der Waals surface area contributed by atoms with Crippen molar-refractivity contribution in [2.24, 2.45) is 5.92 Å². The third-order valence-corrected chi connectivity index (χ3v) is 2.21. The Morgan fingerprint density at radius 3 is 2.36 bits per heavy atom. The molecule has 0 heterocycles. The largest absolute Gasteiger partial charge is 0.444 e. The molecule has 1 saturated carbocycles. The van der Waals surface area contributed by atoms with Crippen LogP contribution >= 0.6 is 0 Å². The second-order valence-corrected chi connectivity index (χ2v) is 4.96. The fraction of sp³-hybridized carbons (Fsp3) is 0.909. The van der Waals surface area contributed by atoms with Crippen molar-refractivity contribution in [3.63, 3.8) is 0 Å². The lowest BCUT2D eigenvalue weighted by Gasteiger charge is -2.26. The zero-order valence-corrected chi connectivity index (χ0v) is 9.67. The highest BCUT2D eigenvalue weighted by atomic mass is 16.6. The van der Waals surface area contributed by atoms with Gasteiger partial charge in [0.1, 0.15) is 5.60 Å². The molecule has 0 spiro atoms. The highest BCUT2D eigenvalue weighted by Gasteiger charge is 2.28. The van der Waals surface area contributed by atoms with E-state index in [2.05, 4.69) is 0 Å². The number of ether oxygens (including phenoxy) is 1. The Bertz CT molecular complexity index is 204. The van der Waals surface area contributed by atoms with E-state index in [0.717, 1.165) is 19.0 Å². The molecule has 0 bridgehead atoms. The maximum atomic E-state index is 11.7. The second kappa shape index (κ2) is 4.20. The van der Waals surface area contributed by atoms with Crippen LogP contribution in [0.5, 0.6) is 0 Å². The van der Waals surface area contributed by atoms with Crippen molar-refractivity contribution in [3.05, 3.63) is 0 Å². The zero-order valence-electron chi connectivity index (χ0n) is 9.67. The molecule has 0 saturated heterocycles. The van der Waals surface area contributed by atoms with Crippen molar-refractivity contribution in [1.82, 2.24) is 4.90 Å². The number of hydrogen-bond acceptors (Lipinski definition) is 2. The van der Waals surface area contributed by atoms with E-state index in [-0.39, 0.29) is 11.7 Å². The highest BCUT2D eigenvalue weighted by Crippen LogP contribution is 2.30. The van der Waals surface area contributed by atoms with Gasteiger partial charge in [-0.2, -0.15) is 0 Å². The van der Waals surface area contributed by atoms with E-state index in [4.69, 9.17) is 4.74 Å². The number of rotatable bonds is 3. The molecule has 1 amide bonds. The van der Waals surface area contributed by atoms with E-state index < -0.39 is 0 Å². The Morgan fingerprint density at radius 1 is 1.43 bits per heavy atom. The Kier molecular flexibility index (Phi) is 3.40. The molecule has 0 unspecified atom stereocenters. The van der Waals surface area contributed by atoms with Crippen molar-refractivity contribution in [2.45, 2.75) is 46.1 Å². The predicted octanol–water partition coefficient (Wildman–Crippen LogP) is 2.65. The lowest BCUT2D eigenvalue weighted by atomic mass is 10.2. The van der Waals surface area contributed by atoms with Crippen LogP contribution < -0.4 is 0 Å². The van der Waals surface area contributed by atoms with Gasteiger partial charge in [0.05, 0.1) is 0 Å². The summed E-state index contributed by atoms with van der Waals surface area (Å²) in [5.74, 6) is 0.725. The van der Waals surface area contributed by atoms with Crippen LogP contribution in [0.3, 0.4) is 0 Å². The topological polar surface area (TPSA) is 29.5 Å². The smallest absolute Gasteiger partial charge is 0.410 e. The van der Waals surface area contributed by atoms with Crippen LogP contribution in [0.1, 0.15) is 40.5 Å². The number of carbonyl (C=O) groups is 1. The Morgan fingerprint density at radius 2 is 2.00 bits per heavy atom. The van der Waals surface area contributed by atoms with Gasteiger partial charge in [0.25, 0.3) is 0 Å². The van der Waals surface area contributed by atoms with Gasteiger partial charge < -0.3 is 9.64 Å². The van der Waals surface area contributed by atoms with Gasteiger partial charge in [-0.1, -0.05) is 0 Å². The first kappa shape index (κ1) is 11.3. The Labute approximate surface area is 86.4 Å². The summed E-state index contributed by atoms with van der Waals surface area (Å²) >= 11 is 0. The van der Waals surface area contributed by atoms with Gasteiger partial charge >= 0.3 is 6.09 Å². The maximum absolute atomic E-state index is 11.7. The van der Waals surface area contributed by atoms with Crippen LogP contribution in [0.4, 0.5) is 4.79 Å². The van der Waals surface area contributed by atoms with Gasteiger partial charge in [-0.15, -0.1) is 0 Å². The van der Waals surface area contributed by atoms with E-state index in [0.29, 0.717) is 0 Å². The van der Waals surface area contributed by atoms with Gasteiger partial charge in [0, 0.05) is 13.1 Å². The number of hydrogen-bond donors (Lipinski definition) is 0. The van der Waals surface area contributed by atoms with E-state index in [1.165, 1.54) is 12.8 Å². The summed E-state index contributed by atoms with van der Waals surface area (Å²) in [5, 5.41) is 0. The number of amides is 1. The monoisotopic (exact) mass is 199 g/mol. The molecule has 1 aliphatic carbocycles. The molecule has 3 nitrogen and oxygen atoms in total. The predicted molar refractivity (Wildman–Crippen MR) is 56.2 cm³/mol. The van der Waals surface area contributed by atoms with Crippen LogP contribution in [0.25, 0.3) is 0 Å². The Hall–Kier alpha value is -0.730. The van der Waals surface area contributed by atoms with Crippen molar-refractivity contribution < 1.29 is 9.53 Å². The third-order valence-electron chi connectivity index (χ3n) is 2.21. The van der Waals surface area contributed by atoms with Crippen LogP contribution in [0.15, 0.2) is 0 Å². The Balaban J connectivity index is 2.38. The molecule has 0 aliphatic heterocycles. The maximum Gasteiger partial charge on any atom is 0.410 e. The average molecular weight is 199 g/mol. The summed E-state index contributed by atoms with van der Waals surface area (Å²) in [5.41, 5.74) is -0.381. The van der Waals surface area contributed by atoms with E-state index in [1.807, 2.05) is 27.7 Å². The third kappa shape index (κ3) is 3.99. The fourth-order valence-electron chi connectivity index (χ4n) is 1.27. The highest BCUT2D eigenvalue weighted by molar-refractivity contribution is 5.68. The van der Waals surface area contributed by atoms with Crippen LogP contribution in [0, 0.1) is 5.92 Å². The molecule has 1 rings (SSSR count). The molecule has 3 heteroatoms. The van der Waals surface area contributed by atoms with Gasteiger partial charge in [-0.05, 0) is 46.5 Å². The molecule has 0 radical (unpaired) electrons. The fourth-order valence-corrected chi connectivity index (χ4v) is 1.27. The van der Waals surface area contributed by atoms with Gasteiger partial charge in [-0.3, -0.25) is 0 Å². The molecular weight excluding hydrogens is 178 g/mol. The quantitative estimate of drug-likeness (QED) is 0.699. The first-order valence-corrected chi connectivity index (χ1v) is 5.40. The van der Waals surface area contributed by atoms with Crippen molar-refractivity contribution >= 4 is 6.09 Å². The molecule has 82 valence electrons. The first-order chi connectivity index (χ1) is 6.42. The molecule has 0 aromatic carbocycles. The van der Waals surface area contributed by atoms with Crippen LogP contribution in [-0.4, -0.2) is 29.7 Å². The van der Waals surface area contributed by atoms with Gasteiger partial charge in [-0.25, -0.2) is 4.79 Å². The van der Waals surface area contributed by atoms with Crippen molar-refractivity contribution in [1.29, 1.82) is 0 Å². The van der Waals surface area contributed by atoms with E-state index in [9.17, 15) is 4.79 Å². The SMILES string of the molecule is CCN(CC1CC1)C(=O)OC(C)(C)C. The molecule has 1 aliphatic rings. The van der Waals surface area contributed by atoms with Crippen molar-refractivity contribution in [3.8, 4) is 0 Å². The number of carbonyl (C=O) groups excluding carboxylic acids is 1. The summed E-state index contributed by atoms with van der Waals surface area (Å²) < 4.78 is 5.31. The summed E-state index contributed by atoms with van der Waals surface area (Å²) in [6.07, 6.45) is 2.35. The summed E-state index contributed by atoms with van der Waals surface area (Å²) in [7, 11) is 0. The second-order valence-electron chi connectivity index (χ2n) is 4.96. The summed E-state index contributed by atoms with van der Waals surface area (Å²) in [6.45, 7) is 9.30. The van der Waals surface area contributed by atoms with Gasteiger partial charge in [0.2, 0.25) is 0 Å². The normalized spacial score (nSPS) is 16.6. The van der Waals surface area contributed by atoms with Crippen LogP contribution in [-0.2, 0) is 4.74 Å². The molecule has 14 heavy (non-hydrogen) atoms. The molecule has 0 N–H and O–H groups in total. The minimum atomic E-state index is -0.381. The number of nitrogens with zero attached hydrogens (tertiary/aromatic N) is 1. The lowest BCUT2D eigenvalue weighted by Crippen LogP contribution is -2.37. The lowest BCUT2D eigenvalue weighted by molar-refractivity contribution is 0.0251. The standard InChI is InChI=1S/C11H21NO2/c1-5-12(8-9-6-7-9)10(13)14-11(2,3)4/h9H,5-8H2,1-4H3. The molecule has 1 fully saturated rings.